The van der Waals surface area contributed by atoms with Gasteiger partial charge in [0.1, 0.15) is 0 Å². The Hall–Kier alpha value is -2.75. The van der Waals surface area contributed by atoms with E-state index in [-0.39, 0.29) is 18.0 Å². The fourth-order valence-electron chi connectivity index (χ4n) is 2.85. The van der Waals surface area contributed by atoms with E-state index in [1.54, 1.807) is 30.3 Å². The molecular formula is C20H22N2O6S. The minimum Gasteiger partial charge on any atom is -0.452 e. The molecule has 1 aliphatic rings. The number of hydrogen-bond acceptors (Lipinski definition) is 6. The lowest BCUT2D eigenvalue weighted by molar-refractivity contribution is -0.119. The zero-order valence-corrected chi connectivity index (χ0v) is 16.8. The summed E-state index contributed by atoms with van der Waals surface area (Å²) >= 11 is 0. The van der Waals surface area contributed by atoms with E-state index in [2.05, 4.69) is 5.32 Å². The number of carbonyl (C=O) groups excluding carboxylic acids is 2. The molecule has 154 valence electrons. The third-order valence-electron chi connectivity index (χ3n) is 4.31. The monoisotopic (exact) mass is 418 g/mol. The van der Waals surface area contributed by atoms with Crippen LogP contribution in [0.5, 0.6) is 0 Å². The first kappa shape index (κ1) is 21.0. The molecule has 1 heterocycles. The Labute approximate surface area is 169 Å². The highest BCUT2D eigenvalue weighted by Crippen LogP contribution is 2.20. The van der Waals surface area contributed by atoms with Crippen molar-refractivity contribution in [3.63, 3.8) is 0 Å². The van der Waals surface area contributed by atoms with Crippen molar-refractivity contribution >= 4 is 27.6 Å². The lowest BCUT2D eigenvalue weighted by Gasteiger charge is -2.26. The Balaban J connectivity index is 1.61. The van der Waals surface area contributed by atoms with Crippen LogP contribution in [0.1, 0.15) is 15.9 Å². The molecule has 0 aliphatic carbocycles. The first-order chi connectivity index (χ1) is 13.9. The summed E-state index contributed by atoms with van der Waals surface area (Å²) in [7, 11) is -3.67. The zero-order valence-electron chi connectivity index (χ0n) is 16.0. The van der Waals surface area contributed by atoms with Crippen molar-refractivity contribution in [2.75, 3.05) is 38.2 Å². The van der Waals surface area contributed by atoms with E-state index in [0.29, 0.717) is 24.5 Å². The second-order valence-electron chi connectivity index (χ2n) is 6.54. The van der Waals surface area contributed by atoms with Crippen LogP contribution in [-0.2, 0) is 24.3 Å². The summed E-state index contributed by atoms with van der Waals surface area (Å²) in [6, 6.07) is 12.8. The van der Waals surface area contributed by atoms with Crippen molar-refractivity contribution < 1.29 is 27.5 Å². The average Bonchev–Trinajstić information content (AvgIpc) is 2.73. The summed E-state index contributed by atoms with van der Waals surface area (Å²) in [5.74, 6) is -1.17. The number of amides is 1. The molecule has 0 aromatic heterocycles. The zero-order chi connectivity index (χ0) is 20.9. The highest BCUT2D eigenvalue weighted by atomic mass is 32.2. The number of morpholine rings is 1. The minimum atomic E-state index is -3.67. The molecule has 29 heavy (non-hydrogen) atoms. The number of esters is 1. The number of nitrogens with one attached hydrogen (secondary N) is 1. The largest absolute Gasteiger partial charge is 0.452 e. The van der Waals surface area contributed by atoms with Gasteiger partial charge >= 0.3 is 5.97 Å². The Bertz CT molecular complexity index is 1000. The molecule has 9 heteroatoms. The summed E-state index contributed by atoms with van der Waals surface area (Å²) in [4.78, 5) is 24.2. The van der Waals surface area contributed by atoms with Gasteiger partial charge in [-0.2, -0.15) is 4.31 Å². The van der Waals surface area contributed by atoms with Gasteiger partial charge in [0, 0.05) is 18.8 Å². The smallest absolute Gasteiger partial charge is 0.338 e. The molecule has 1 saturated heterocycles. The molecule has 1 aliphatic heterocycles. The topological polar surface area (TPSA) is 102 Å². The highest BCUT2D eigenvalue weighted by molar-refractivity contribution is 7.89. The van der Waals surface area contributed by atoms with Crippen LogP contribution in [0.25, 0.3) is 0 Å². The van der Waals surface area contributed by atoms with Crippen LogP contribution in [0, 0.1) is 6.92 Å². The molecule has 0 radical (unpaired) electrons. The summed E-state index contributed by atoms with van der Waals surface area (Å²) in [6.07, 6.45) is 0. The number of aryl methyl sites for hydroxylation is 1. The quantitative estimate of drug-likeness (QED) is 0.718. The molecule has 0 bridgehead atoms. The summed E-state index contributed by atoms with van der Waals surface area (Å²) < 4.78 is 37.0. The van der Waals surface area contributed by atoms with Crippen molar-refractivity contribution in [2.24, 2.45) is 0 Å². The number of rotatable bonds is 6. The van der Waals surface area contributed by atoms with E-state index in [0.717, 1.165) is 5.56 Å². The van der Waals surface area contributed by atoms with Gasteiger partial charge in [-0.1, -0.05) is 23.8 Å². The van der Waals surface area contributed by atoms with Crippen LogP contribution >= 0.6 is 0 Å². The molecule has 2 aromatic rings. The van der Waals surface area contributed by atoms with Gasteiger partial charge in [0.05, 0.1) is 23.7 Å². The lowest BCUT2D eigenvalue weighted by atomic mass is 10.1. The van der Waals surface area contributed by atoms with Gasteiger partial charge in [-0.25, -0.2) is 13.2 Å². The molecule has 0 saturated carbocycles. The summed E-state index contributed by atoms with van der Waals surface area (Å²) in [5.41, 5.74) is 1.56. The third-order valence-corrected chi connectivity index (χ3v) is 6.21. The fourth-order valence-corrected chi connectivity index (χ4v) is 4.31. The van der Waals surface area contributed by atoms with Crippen LogP contribution in [0.4, 0.5) is 5.69 Å². The van der Waals surface area contributed by atoms with Gasteiger partial charge in [0.15, 0.2) is 6.61 Å². The molecule has 0 atom stereocenters. The van der Waals surface area contributed by atoms with E-state index < -0.39 is 28.5 Å². The first-order valence-electron chi connectivity index (χ1n) is 9.08. The van der Waals surface area contributed by atoms with Crippen LogP contribution in [0.2, 0.25) is 0 Å². The molecule has 0 unspecified atom stereocenters. The van der Waals surface area contributed by atoms with Gasteiger partial charge in [-0.15, -0.1) is 0 Å². The van der Waals surface area contributed by atoms with Crippen molar-refractivity contribution in [3.8, 4) is 0 Å². The second-order valence-corrected chi connectivity index (χ2v) is 8.48. The van der Waals surface area contributed by atoms with Gasteiger partial charge in [0.25, 0.3) is 5.91 Å². The van der Waals surface area contributed by atoms with E-state index in [1.165, 1.54) is 16.4 Å². The average molecular weight is 418 g/mol. The molecule has 8 nitrogen and oxygen atoms in total. The minimum absolute atomic E-state index is 0.0777. The number of benzene rings is 2. The van der Waals surface area contributed by atoms with Gasteiger partial charge in [-0.05, 0) is 37.3 Å². The number of nitrogens with zero attached hydrogens (tertiary/aromatic N) is 1. The highest BCUT2D eigenvalue weighted by Gasteiger charge is 2.26. The molecule has 2 aromatic carbocycles. The maximum absolute atomic E-state index is 12.7. The van der Waals surface area contributed by atoms with Crippen molar-refractivity contribution in [3.05, 3.63) is 59.7 Å². The Kier molecular flexibility index (Phi) is 6.63. The SMILES string of the molecule is Cc1cccc(C(=O)OCC(=O)Nc2cccc(S(=O)(=O)N3CCOCC3)c2)c1. The Morgan fingerprint density at radius 3 is 2.55 bits per heavy atom. The summed E-state index contributed by atoms with van der Waals surface area (Å²) in [6.45, 7) is 2.64. The van der Waals surface area contributed by atoms with Gasteiger partial charge in [0.2, 0.25) is 10.0 Å². The molecule has 1 N–H and O–H groups in total. The molecule has 1 fully saturated rings. The van der Waals surface area contributed by atoms with Crippen molar-refractivity contribution in [1.82, 2.24) is 4.31 Å². The predicted octanol–water partition coefficient (Wildman–Crippen LogP) is 1.81. The number of sulfonamides is 1. The molecular weight excluding hydrogens is 396 g/mol. The van der Waals surface area contributed by atoms with Crippen LogP contribution in [0.3, 0.4) is 0 Å². The number of ether oxygens (including phenoxy) is 2. The molecule has 0 spiro atoms. The Morgan fingerprint density at radius 1 is 1.10 bits per heavy atom. The van der Waals surface area contributed by atoms with E-state index >= 15 is 0 Å². The first-order valence-corrected chi connectivity index (χ1v) is 10.5. The summed E-state index contributed by atoms with van der Waals surface area (Å²) in [5, 5.41) is 2.55. The molecule has 1 amide bonds. The van der Waals surface area contributed by atoms with E-state index in [4.69, 9.17) is 9.47 Å². The standard InChI is InChI=1S/C20H22N2O6S/c1-15-4-2-5-16(12-15)20(24)28-14-19(23)21-17-6-3-7-18(13-17)29(25,26)22-8-10-27-11-9-22/h2-7,12-13H,8-11,14H2,1H3,(H,21,23). The number of carbonyl (C=O) groups is 2. The third kappa shape index (κ3) is 5.41. The maximum Gasteiger partial charge on any atom is 0.338 e. The van der Waals surface area contributed by atoms with Crippen molar-refractivity contribution in [2.45, 2.75) is 11.8 Å². The van der Waals surface area contributed by atoms with Crippen molar-refractivity contribution in [1.29, 1.82) is 0 Å². The normalized spacial score (nSPS) is 14.9. The van der Waals surface area contributed by atoms with E-state index in [1.807, 2.05) is 13.0 Å². The Morgan fingerprint density at radius 2 is 1.83 bits per heavy atom. The predicted molar refractivity (Wildman–Crippen MR) is 106 cm³/mol. The van der Waals surface area contributed by atoms with Crippen LogP contribution in [-0.4, -0.2) is 57.5 Å². The number of hydrogen-bond donors (Lipinski definition) is 1. The maximum atomic E-state index is 12.7. The lowest BCUT2D eigenvalue weighted by Crippen LogP contribution is -2.40. The fraction of sp³-hybridized carbons (Fsp3) is 0.300. The van der Waals surface area contributed by atoms with Crippen LogP contribution < -0.4 is 5.32 Å². The van der Waals surface area contributed by atoms with Gasteiger partial charge in [-0.3, -0.25) is 4.79 Å². The molecule has 3 rings (SSSR count). The van der Waals surface area contributed by atoms with E-state index in [9.17, 15) is 18.0 Å². The number of anilines is 1. The second kappa shape index (κ2) is 9.17. The van der Waals surface area contributed by atoms with Crippen LogP contribution in [0.15, 0.2) is 53.4 Å². The van der Waals surface area contributed by atoms with Gasteiger partial charge < -0.3 is 14.8 Å².